The molecular weight excluding hydrogens is 380 g/mol. The van der Waals surface area contributed by atoms with Crippen LogP contribution in [0.3, 0.4) is 0 Å². The Labute approximate surface area is 184 Å². The van der Waals surface area contributed by atoms with E-state index < -0.39 is 0 Å². The van der Waals surface area contributed by atoms with Crippen molar-refractivity contribution in [3.63, 3.8) is 0 Å². The third-order valence-corrected chi connectivity index (χ3v) is 5.64. The molecule has 2 N–H and O–H groups in total. The molecule has 0 atom stereocenters. The zero-order valence-corrected chi connectivity index (χ0v) is 18.2. The van der Waals surface area contributed by atoms with Crippen molar-refractivity contribution in [3.8, 4) is 0 Å². The molecule has 0 aliphatic rings. The van der Waals surface area contributed by atoms with Crippen LogP contribution in [0.1, 0.15) is 56.3 Å². The SMILES string of the molecule is C(=NCCCCCCCCCN=Cc1cc2ccccc2[nH]1)c1cc2ccccc2[nH]1. The van der Waals surface area contributed by atoms with Crippen molar-refractivity contribution >= 4 is 34.2 Å². The topological polar surface area (TPSA) is 56.3 Å². The number of rotatable bonds is 12. The highest BCUT2D eigenvalue weighted by Crippen LogP contribution is 2.14. The summed E-state index contributed by atoms with van der Waals surface area (Å²) >= 11 is 0. The Bertz CT molecular complexity index is 976. The summed E-state index contributed by atoms with van der Waals surface area (Å²) in [6.07, 6.45) is 12.7. The van der Waals surface area contributed by atoms with E-state index in [4.69, 9.17) is 0 Å². The van der Waals surface area contributed by atoms with Gasteiger partial charge in [0.1, 0.15) is 0 Å². The number of H-pyrrole nitrogens is 2. The van der Waals surface area contributed by atoms with Crippen LogP contribution < -0.4 is 0 Å². The van der Waals surface area contributed by atoms with Crippen LogP contribution in [0.15, 0.2) is 70.6 Å². The summed E-state index contributed by atoms with van der Waals surface area (Å²) < 4.78 is 0. The van der Waals surface area contributed by atoms with Crippen molar-refractivity contribution in [3.05, 3.63) is 72.1 Å². The van der Waals surface area contributed by atoms with Crippen molar-refractivity contribution in [2.24, 2.45) is 9.98 Å². The summed E-state index contributed by atoms with van der Waals surface area (Å²) in [6, 6.07) is 21.0. The number of fused-ring (bicyclic) bond motifs is 2. The molecule has 4 nitrogen and oxygen atoms in total. The summed E-state index contributed by atoms with van der Waals surface area (Å²) in [7, 11) is 0. The number of aromatic nitrogens is 2. The zero-order valence-electron chi connectivity index (χ0n) is 18.2. The summed E-state index contributed by atoms with van der Waals surface area (Å²) in [5.74, 6) is 0. The second kappa shape index (κ2) is 11.3. The summed E-state index contributed by atoms with van der Waals surface area (Å²) in [4.78, 5) is 15.9. The van der Waals surface area contributed by atoms with Gasteiger partial charge in [0, 0.05) is 47.3 Å². The number of hydrogen-bond donors (Lipinski definition) is 2. The highest BCUT2D eigenvalue weighted by molar-refractivity contribution is 5.90. The number of hydrogen-bond acceptors (Lipinski definition) is 2. The van der Waals surface area contributed by atoms with E-state index in [1.807, 2.05) is 12.4 Å². The minimum atomic E-state index is 0.915. The molecule has 0 fully saturated rings. The smallest absolute Gasteiger partial charge is 0.0572 e. The van der Waals surface area contributed by atoms with E-state index in [-0.39, 0.29) is 0 Å². The maximum absolute atomic E-state index is 4.57. The van der Waals surface area contributed by atoms with Crippen LogP contribution in [0.2, 0.25) is 0 Å². The first-order valence-electron chi connectivity index (χ1n) is 11.5. The van der Waals surface area contributed by atoms with E-state index in [0.29, 0.717) is 0 Å². The molecule has 0 aliphatic heterocycles. The van der Waals surface area contributed by atoms with Crippen LogP contribution in [-0.2, 0) is 0 Å². The Morgan fingerprint density at radius 3 is 1.42 bits per heavy atom. The average molecular weight is 413 g/mol. The van der Waals surface area contributed by atoms with Crippen LogP contribution >= 0.6 is 0 Å². The third-order valence-electron chi connectivity index (χ3n) is 5.64. The van der Waals surface area contributed by atoms with Gasteiger partial charge in [0.15, 0.2) is 0 Å². The van der Waals surface area contributed by atoms with E-state index in [9.17, 15) is 0 Å². The zero-order chi connectivity index (χ0) is 21.1. The molecule has 0 saturated carbocycles. The fraction of sp³-hybridized carbons (Fsp3) is 0.333. The Kier molecular flexibility index (Phi) is 7.70. The number of nitrogens with one attached hydrogen (secondary N) is 2. The number of benzene rings is 2. The summed E-state index contributed by atoms with van der Waals surface area (Å²) in [5.41, 5.74) is 4.53. The Hall–Kier alpha value is -3.14. The van der Waals surface area contributed by atoms with Crippen LogP contribution in [0.5, 0.6) is 0 Å². The number of unbranched alkanes of at least 4 members (excludes halogenated alkanes) is 6. The van der Waals surface area contributed by atoms with Crippen molar-refractivity contribution in [2.75, 3.05) is 13.1 Å². The van der Waals surface area contributed by atoms with Crippen LogP contribution in [-0.4, -0.2) is 35.5 Å². The van der Waals surface area contributed by atoms with Crippen molar-refractivity contribution in [1.82, 2.24) is 9.97 Å². The minimum absolute atomic E-state index is 0.915. The standard InChI is InChI=1S/C27H32N4/c1(2-4-10-16-28-20-24-18-22-12-6-8-14-26(22)30-24)3-5-11-17-29-21-25-19-23-13-7-9-15-27(23)31-25/h6-9,12-15,18-21,30-31H,1-5,10-11,16-17H2. The van der Waals surface area contributed by atoms with Crippen LogP contribution in [0.4, 0.5) is 0 Å². The molecule has 2 heterocycles. The highest BCUT2D eigenvalue weighted by Gasteiger charge is 1.98. The van der Waals surface area contributed by atoms with Gasteiger partial charge in [0.25, 0.3) is 0 Å². The predicted molar refractivity (Wildman–Crippen MR) is 134 cm³/mol. The molecule has 0 saturated heterocycles. The summed E-state index contributed by atoms with van der Waals surface area (Å²) in [5, 5.41) is 2.49. The number of aromatic amines is 2. The van der Waals surface area contributed by atoms with E-state index in [1.165, 1.54) is 66.8 Å². The molecule has 0 radical (unpaired) electrons. The first kappa shape index (κ1) is 21.1. The van der Waals surface area contributed by atoms with Gasteiger partial charge < -0.3 is 9.97 Å². The van der Waals surface area contributed by atoms with Gasteiger partial charge in [-0.05, 0) is 37.1 Å². The highest BCUT2D eigenvalue weighted by atomic mass is 14.8. The van der Waals surface area contributed by atoms with Gasteiger partial charge in [-0.2, -0.15) is 0 Å². The lowest BCUT2D eigenvalue weighted by Crippen LogP contribution is -1.88. The lowest BCUT2D eigenvalue weighted by atomic mass is 10.1. The van der Waals surface area contributed by atoms with E-state index >= 15 is 0 Å². The Balaban J connectivity index is 1.01. The molecule has 0 aliphatic carbocycles. The fourth-order valence-corrected chi connectivity index (χ4v) is 3.95. The maximum atomic E-state index is 4.57. The number of aliphatic imine (C=N–C) groups is 2. The predicted octanol–water partition coefficient (Wildman–Crippen LogP) is 6.92. The van der Waals surface area contributed by atoms with Gasteiger partial charge in [-0.3, -0.25) is 9.98 Å². The Morgan fingerprint density at radius 1 is 0.548 bits per heavy atom. The normalized spacial score (nSPS) is 12.1. The van der Waals surface area contributed by atoms with Gasteiger partial charge >= 0.3 is 0 Å². The second-order valence-corrected chi connectivity index (χ2v) is 8.17. The van der Waals surface area contributed by atoms with Crippen LogP contribution in [0, 0.1) is 0 Å². The fourth-order valence-electron chi connectivity index (χ4n) is 3.95. The molecule has 0 unspecified atom stereocenters. The Morgan fingerprint density at radius 2 is 0.968 bits per heavy atom. The van der Waals surface area contributed by atoms with Crippen molar-refractivity contribution < 1.29 is 0 Å². The first-order valence-corrected chi connectivity index (χ1v) is 11.5. The van der Waals surface area contributed by atoms with E-state index in [2.05, 4.69) is 80.6 Å². The molecule has 160 valence electrons. The molecule has 0 spiro atoms. The maximum Gasteiger partial charge on any atom is 0.0572 e. The van der Waals surface area contributed by atoms with Gasteiger partial charge in [-0.15, -0.1) is 0 Å². The molecular formula is C27H32N4. The first-order chi connectivity index (χ1) is 15.4. The van der Waals surface area contributed by atoms with Gasteiger partial charge in [0.05, 0.1) is 11.4 Å². The number of nitrogens with zero attached hydrogens (tertiary/aromatic N) is 2. The molecule has 4 aromatic rings. The lowest BCUT2D eigenvalue weighted by molar-refractivity contribution is 0.586. The van der Waals surface area contributed by atoms with E-state index in [1.54, 1.807) is 0 Å². The monoisotopic (exact) mass is 412 g/mol. The quantitative estimate of drug-likeness (QED) is 0.187. The molecule has 2 aromatic heterocycles. The molecule has 4 rings (SSSR count). The van der Waals surface area contributed by atoms with Gasteiger partial charge in [-0.25, -0.2) is 0 Å². The molecule has 4 heteroatoms. The summed E-state index contributed by atoms with van der Waals surface area (Å²) in [6.45, 7) is 1.83. The third kappa shape index (κ3) is 6.42. The molecule has 0 amide bonds. The van der Waals surface area contributed by atoms with Gasteiger partial charge in [0.2, 0.25) is 0 Å². The number of para-hydroxylation sites is 2. The van der Waals surface area contributed by atoms with Crippen molar-refractivity contribution in [1.29, 1.82) is 0 Å². The van der Waals surface area contributed by atoms with E-state index in [0.717, 1.165) is 24.5 Å². The second-order valence-electron chi connectivity index (χ2n) is 8.17. The molecule has 2 aromatic carbocycles. The van der Waals surface area contributed by atoms with Crippen molar-refractivity contribution in [2.45, 2.75) is 44.9 Å². The average Bonchev–Trinajstić information content (AvgIpc) is 3.40. The van der Waals surface area contributed by atoms with Crippen LogP contribution in [0.25, 0.3) is 21.8 Å². The largest absolute Gasteiger partial charge is 0.354 e. The van der Waals surface area contributed by atoms with Gasteiger partial charge in [-0.1, -0.05) is 68.5 Å². The molecule has 31 heavy (non-hydrogen) atoms. The lowest BCUT2D eigenvalue weighted by Gasteiger charge is -2.00. The minimum Gasteiger partial charge on any atom is -0.354 e. The molecule has 0 bridgehead atoms.